The first-order valence-electron chi connectivity index (χ1n) is 7.85. The molecule has 0 spiro atoms. The molecule has 0 saturated carbocycles. The molecule has 1 aromatic carbocycles. The van der Waals surface area contributed by atoms with Gasteiger partial charge in [0, 0.05) is 31.2 Å². The number of nitrogens with zero attached hydrogens (tertiary/aromatic N) is 2. The molecule has 0 unspecified atom stereocenters. The second-order valence-corrected chi connectivity index (χ2v) is 5.64. The maximum atomic E-state index is 12.5. The number of hydrogen-bond donors (Lipinski definition) is 1. The van der Waals surface area contributed by atoms with Crippen LogP contribution in [-0.4, -0.2) is 34.8 Å². The molecular formula is C18H19N3O2. The molecule has 1 aliphatic heterocycles. The number of pyridine rings is 1. The van der Waals surface area contributed by atoms with Gasteiger partial charge < -0.3 is 10.2 Å². The Morgan fingerprint density at radius 3 is 2.39 bits per heavy atom. The monoisotopic (exact) mass is 309 g/mol. The third-order valence-corrected chi connectivity index (χ3v) is 3.92. The van der Waals surface area contributed by atoms with Crippen LogP contribution in [0.3, 0.4) is 0 Å². The summed E-state index contributed by atoms with van der Waals surface area (Å²) in [5.41, 5.74) is 1.56. The molecule has 1 aromatic heterocycles. The highest BCUT2D eigenvalue weighted by Crippen LogP contribution is 2.14. The summed E-state index contributed by atoms with van der Waals surface area (Å²) >= 11 is 0. The number of carbonyl (C=O) groups excluding carboxylic acids is 2. The van der Waals surface area contributed by atoms with Crippen LogP contribution < -0.4 is 5.32 Å². The molecule has 118 valence electrons. The van der Waals surface area contributed by atoms with Gasteiger partial charge in [0.15, 0.2) is 0 Å². The number of nitrogens with one attached hydrogen (secondary N) is 1. The largest absolute Gasteiger partial charge is 0.339 e. The van der Waals surface area contributed by atoms with Crippen molar-refractivity contribution in [2.75, 3.05) is 18.4 Å². The fourth-order valence-corrected chi connectivity index (χ4v) is 2.69. The maximum absolute atomic E-state index is 12.5. The first-order valence-corrected chi connectivity index (χ1v) is 7.85. The number of hydrogen-bond acceptors (Lipinski definition) is 3. The van der Waals surface area contributed by atoms with E-state index >= 15 is 0 Å². The van der Waals surface area contributed by atoms with E-state index in [1.807, 2.05) is 35.2 Å². The highest BCUT2D eigenvalue weighted by Gasteiger charge is 2.19. The molecule has 2 aromatic rings. The van der Waals surface area contributed by atoms with E-state index in [0.29, 0.717) is 16.8 Å². The van der Waals surface area contributed by atoms with Crippen molar-refractivity contribution in [3.63, 3.8) is 0 Å². The number of amides is 2. The van der Waals surface area contributed by atoms with E-state index in [1.54, 1.807) is 6.07 Å². The molecule has 1 fully saturated rings. The summed E-state index contributed by atoms with van der Waals surface area (Å²) in [7, 11) is 0. The van der Waals surface area contributed by atoms with Gasteiger partial charge in [0.2, 0.25) is 0 Å². The third-order valence-electron chi connectivity index (χ3n) is 3.92. The Morgan fingerprint density at radius 2 is 1.65 bits per heavy atom. The van der Waals surface area contributed by atoms with Crippen LogP contribution in [0.1, 0.15) is 40.0 Å². The van der Waals surface area contributed by atoms with Gasteiger partial charge in [-0.1, -0.05) is 18.2 Å². The molecule has 0 radical (unpaired) electrons. The Bertz CT molecular complexity index is 694. The van der Waals surface area contributed by atoms with Crippen molar-refractivity contribution in [3.8, 4) is 0 Å². The Morgan fingerprint density at radius 1 is 0.957 bits per heavy atom. The summed E-state index contributed by atoms with van der Waals surface area (Å²) < 4.78 is 0. The molecule has 0 aliphatic carbocycles. The average molecular weight is 309 g/mol. The SMILES string of the molecule is O=C(Nc1ccccc1)c1cncc(C(=O)N2CCCCC2)c1. The quantitative estimate of drug-likeness (QED) is 0.948. The Labute approximate surface area is 135 Å². The lowest BCUT2D eigenvalue weighted by molar-refractivity contribution is 0.0724. The zero-order chi connectivity index (χ0) is 16.1. The van der Waals surface area contributed by atoms with Crippen LogP contribution in [-0.2, 0) is 0 Å². The summed E-state index contributed by atoms with van der Waals surface area (Å²) in [4.78, 5) is 30.7. The standard InChI is InChI=1S/C18H19N3O2/c22-17(20-16-7-3-1-4-8-16)14-11-15(13-19-12-14)18(23)21-9-5-2-6-10-21/h1,3-4,7-8,11-13H,2,5-6,9-10H2,(H,20,22). The summed E-state index contributed by atoms with van der Waals surface area (Å²) in [6.45, 7) is 1.55. The van der Waals surface area contributed by atoms with Crippen LogP contribution in [0.15, 0.2) is 48.8 Å². The zero-order valence-electron chi connectivity index (χ0n) is 12.9. The van der Waals surface area contributed by atoms with Crippen molar-refractivity contribution in [1.82, 2.24) is 9.88 Å². The number of carbonyl (C=O) groups is 2. The number of para-hydroxylation sites is 1. The van der Waals surface area contributed by atoms with Gasteiger partial charge >= 0.3 is 0 Å². The van der Waals surface area contributed by atoms with Crippen molar-refractivity contribution in [1.29, 1.82) is 0 Å². The Hall–Kier alpha value is -2.69. The number of piperidine rings is 1. The summed E-state index contributed by atoms with van der Waals surface area (Å²) in [5, 5.41) is 2.80. The normalized spacial score (nSPS) is 14.3. The fourth-order valence-electron chi connectivity index (χ4n) is 2.69. The fraction of sp³-hybridized carbons (Fsp3) is 0.278. The number of benzene rings is 1. The predicted molar refractivity (Wildman–Crippen MR) is 88.4 cm³/mol. The lowest BCUT2D eigenvalue weighted by Crippen LogP contribution is -2.35. The smallest absolute Gasteiger partial charge is 0.257 e. The lowest BCUT2D eigenvalue weighted by Gasteiger charge is -2.26. The van der Waals surface area contributed by atoms with Gasteiger partial charge in [-0.2, -0.15) is 0 Å². The first-order chi connectivity index (χ1) is 11.2. The summed E-state index contributed by atoms with van der Waals surface area (Å²) in [6, 6.07) is 10.8. The minimum atomic E-state index is -0.267. The van der Waals surface area contributed by atoms with Crippen LogP contribution in [0, 0.1) is 0 Å². The predicted octanol–water partition coefficient (Wildman–Crippen LogP) is 2.96. The van der Waals surface area contributed by atoms with Crippen molar-refractivity contribution < 1.29 is 9.59 Å². The molecule has 2 heterocycles. The molecule has 3 rings (SSSR count). The molecule has 0 atom stereocenters. The lowest BCUT2D eigenvalue weighted by atomic mass is 10.1. The van der Waals surface area contributed by atoms with Crippen LogP contribution in [0.25, 0.3) is 0 Å². The van der Waals surface area contributed by atoms with Gasteiger partial charge in [0.05, 0.1) is 11.1 Å². The van der Waals surface area contributed by atoms with E-state index in [9.17, 15) is 9.59 Å². The second-order valence-electron chi connectivity index (χ2n) is 5.64. The Kier molecular flexibility index (Phi) is 4.66. The van der Waals surface area contributed by atoms with Gasteiger partial charge in [0.1, 0.15) is 0 Å². The number of likely N-dealkylation sites (tertiary alicyclic amines) is 1. The molecule has 23 heavy (non-hydrogen) atoms. The maximum Gasteiger partial charge on any atom is 0.257 e. The topological polar surface area (TPSA) is 62.3 Å². The highest BCUT2D eigenvalue weighted by atomic mass is 16.2. The van der Waals surface area contributed by atoms with Gasteiger partial charge in [-0.3, -0.25) is 14.6 Å². The van der Waals surface area contributed by atoms with Crippen molar-refractivity contribution >= 4 is 17.5 Å². The zero-order valence-corrected chi connectivity index (χ0v) is 12.9. The molecule has 0 bridgehead atoms. The minimum absolute atomic E-state index is 0.0495. The van der Waals surface area contributed by atoms with Crippen molar-refractivity contribution in [2.45, 2.75) is 19.3 Å². The first kappa shape index (κ1) is 15.2. The molecule has 2 amide bonds. The number of aromatic nitrogens is 1. The van der Waals surface area contributed by atoms with Crippen LogP contribution in [0.5, 0.6) is 0 Å². The van der Waals surface area contributed by atoms with Crippen molar-refractivity contribution in [2.24, 2.45) is 0 Å². The second kappa shape index (κ2) is 7.05. The van der Waals surface area contributed by atoms with E-state index in [1.165, 1.54) is 18.8 Å². The van der Waals surface area contributed by atoms with E-state index in [2.05, 4.69) is 10.3 Å². The van der Waals surface area contributed by atoms with Gasteiger partial charge in [-0.05, 0) is 37.5 Å². The van der Waals surface area contributed by atoms with Crippen LogP contribution >= 0.6 is 0 Å². The molecular weight excluding hydrogens is 290 g/mol. The van der Waals surface area contributed by atoms with Gasteiger partial charge in [-0.15, -0.1) is 0 Å². The summed E-state index contributed by atoms with van der Waals surface area (Å²) in [6.07, 6.45) is 6.24. The molecule has 5 nitrogen and oxygen atoms in total. The van der Waals surface area contributed by atoms with E-state index in [0.717, 1.165) is 25.9 Å². The van der Waals surface area contributed by atoms with Gasteiger partial charge in [0.25, 0.3) is 11.8 Å². The average Bonchev–Trinajstić information content (AvgIpc) is 2.63. The third kappa shape index (κ3) is 3.74. The highest BCUT2D eigenvalue weighted by molar-refractivity contribution is 6.05. The van der Waals surface area contributed by atoms with E-state index in [4.69, 9.17) is 0 Å². The molecule has 1 saturated heterocycles. The van der Waals surface area contributed by atoms with E-state index < -0.39 is 0 Å². The van der Waals surface area contributed by atoms with Gasteiger partial charge in [-0.25, -0.2) is 0 Å². The van der Waals surface area contributed by atoms with Crippen LogP contribution in [0.2, 0.25) is 0 Å². The Balaban J connectivity index is 1.74. The molecule has 1 aliphatic rings. The van der Waals surface area contributed by atoms with Crippen molar-refractivity contribution in [3.05, 3.63) is 59.9 Å². The molecule has 5 heteroatoms. The minimum Gasteiger partial charge on any atom is -0.339 e. The van der Waals surface area contributed by atoms with E-state index in [-0.39, 0.29) is 11.8 Å². The summed E-state index contributed by atoms with van der Waals surface area (Å²) in [5.74, 6) is -0.316. The van der Waals surface area contributed by atoms with Crippen LogP contribution in [0.4, 0.5) is 5.69 Å². The number of rotatable bonds is 3. The number of anilines is 1. The molecule has 1 N–H and O–H groups in total.